The van der Waals surface area contributed by atoms with Crippen molar-refractivity contribution in [1.29, 1.82) is 0 Å². The van der Waals surface area contributed by atoms with Gasteiger partial charge >= 0.3 is 5.97 Å². The summed E-state index contributed by atoms with van der Waals surface area (Å²) < 4.78 is 0. The van der Waals surface area contributed by atoms with E-state index in [-0.39, 0.29) is 23.7 Å². The number of rotatable bonds is 6. The first-order chi connectivity index (χ1) is 9.72. The van der Waals surface area contributed by atoms with E-state index in [1.165, 1.54) is 12.1 Å². The zero-order chi connectivity index (χ0) is 16.2. The van der Waals surface area contributed by atoms with Gasteiger partial charge in [0.1, 0.15) is 12.1 Å². The van der Waals surface area contributed by atoms with Gasteiger partial charge in [0.05, 0.1) is 4.92 Å². The number of carboxylic acids is 1. The average Bonchev–Trinajstić information content (AvgIpc) is 2.35. The molecule has 0 aliphatic heterocycles. The van der Waals surface area contributed by atoms with Crippen LogP contribution in [-0.2, 0) is 4.79 Å². The van der Waals surface area contributed by atoms with Gasteiger partial charge in [-0.1, -0.05) is 19.9 Å². The third-order valence-corrected chi connectivity index (χ3v) is 2.78. The van der Waals surface area contributed by atoms with Crippen LogP contribution in [0.25, 0.3) is 0 Å². The Labute approximate surface area is 122 Å². The quantitative estimate of drug-likeness (QED) is 0.639. The van der Waals surface area contributed by atoms with Gasteiger partial charge in [-0.3, -0.25) is 19.7 Å². The number of carboxylic acid groups (broad SMARTS) is 1. The van der Waals surface area contributed by atoms with Gasteiger partial charge < -0.3 is 10.0 Å². The topological polar surface area (TPSA) is 101 Å². The molecule has 0 saturated heterocycles. The summed E-state index contributed by atoms with van der Waals surface area (Å²) in [6, 6.07) is 4.21. The van der Waals surface area contributed by atoms with E-state index in [0.29, 0.717) is 5.56 Å². The summed E-state index contributed by atoms with van der Waals surface area (Å²) in [7, 11) is 0. The molecule has 114 valence electrons. The zero-order valence-electron chi connectivity index (χ0n) is 12.2. The van der Waals surface area contributed by atoms with Crippen LogP contribution in [0, 0.1) is 23.0 Å². The molecule has 0 fully saturated rings. The number of benzene rings is 1. The molecule has 1 rings (SSSR count). The smallest absolute Gasteiger partial charge is 0.323 e. The molecule has 0 aliphatic rings. The standard InChI is InChI=1S/C14H18N2O5/c1-9(2)7-15(8-13(17)18)14(19)11-6-10(3)4-5-12(11)16(20)21/h4-6,9H,7-8H2,1-3H3,(H,17,18). The third kappa shape index (κ3) is 4.55. The highest BCUT2D eigenvalue weighted by atomic mass is 16.6. The maximum atomic E-state index is 12.5. The monoisotopic (exact) mass is 294 g/mol. The first-order valence-corrected chi connectivity index (χ1v) is 6.48. The van der Waals surface area contributed by atoms with Gasteiger partial charge in [-0.15, -0.1) is 0 Å². The van der Waals surface area contributed by atoms with Crippen LogP contribution in [0.1, 0.15) is 29.8 Å². The number of aliphatic carboxylic acids is 1. The molecule has 0 aliphatic carbocycles. The maximum Gasteiger partial charge on any atom is 0.323 e. The molecule has 0 spiro atoms. The second-order valence-electron chi connectivity index (χ2n) is 5.25. The van der Waals surface area contributed by atoms with E-state index in [1.54, 1.807) is 13.0 Å². The molecule has 1 aromatic carbocycles. The molecule has 0 unspecified atom stereocenters. The highest BCUT2D eigenvalue weighted by Gasteiger charge is 2.26. The maximum absolute atomic E-state index is 12.5. The number of hydrogen-bond donors (Lipinski definition) is 1. The lowest BCUT2D eigenvalue weighted by Crippen LogP contribution is -2.38. The fourth-order valence-corrected chi connectivity index (χ4v) is 1.97. The van der Waals surface area contributed by atoms with Crippen LogP contribution in [0.15, 0.2) is 18.2 Å². The van der Waals surface area contributed by atoms with Crippen molar-refractivity contribution in [3.63, 3.8) is 0 Å². The number of nitro groups is 1. The number of nitrogens with zero attached hydrogens (tertiary/aromatic N) is 2. The third-order valence-electron chi connectivity index (χ3n) is 2.78. The Bertz CT molecular complexity index is 568. The lowest BCUT2D eigenvalue weighted by molar-refractivity contribution is -0.385. The van der Waals surface area contributed by atoms with E-state index in [0.717, 1.165) is 4.90 Å². The molecule has 0 radical (unpaired) electrons. The molecular formula is C14H18N2O5. The Morgan fingerprint density at radius 2 is 2.00 bits per heavy atom. The lowest BCUT2D eigenvalue weighted by Gasteiger charge is -2.22. The number of hydrogen-bond acceptors (Lipinski definition) is 4. The van der Waals surface area contributed by atoms with Crippen LogP contribution in [0.5, 0.6) is 0 Å². The minimum atomic E-state index is -1.15. The molecule has 7 heteroatoms. The van der Waals surface area contributed by atoms with Crippen molar-refractivity contribution in [3.8, 4) is 0 Å². The van der Waals surface area contributed by atoms with Crippen LogP contribution >= 0.6 is 0 Å². The van der Waals surface area contributed by atoms with E-state index >= 15 is 0 Å². The van der Waals surface area contributed by atoms with Crippen molar-refractivity contribution < 1.29 is 19.6 Å². The van der Waals surface area contributed by atoms with Gasteiger partial charge in [0.2, 0.25) is 0 Å². The number of nitro benzene ring substituents is 1. The van der Waals surface area contributed by atoms with Crippen molar-refractivity contribution >= 4 is 17.6 Å². The Morgan fingerprint density at radius 1 is 1.38 bits per heavy atom. The predicted molar refractivity (Wildman–Crippen MR) is 76.2 cm³/mol. The highest BCUT2D eigenvalue weighted by molar-refractivity contribution is 5.99. The second kappa shape index (κ2) is 6.83. The molecule has 0 atom stereocenters. The average molecular weight is 294 g/mol. The van der Waals surface area contributed by atoms with E-state index in [2.05, 4.69) is 0 Å². The Balaban J connectivity index is 3.21. The fraction of sp³-hybridized carbons (Fsp3) is 0.429. The number of amides is 1. The molecule has 21 heavy (non-hydrogen) atoms. The van der Waals surface area contributed by atoms with E-state index in [4.69, 9.17) is 5.11 Å². The molecule has 1 aromatic rings. The largest absolute Gasteiger partial charge is 0.480 e. The first-order valence-electron chi connectivity index (χ1n) is 6.48. The summed E-state index contributed by atoms with van der Waals surface area (Å²) in [6.07, 6.45) is 0. The molecule has 0 heterocycles. The fourth-order valence-electron chi connectivity index (χ4n) is 1.97. The minimum Gasteiger partial charge on any atom is -0.480 e. The van der Waals surface area contributed by atoms with Crippen LogP contribution in [0.3, 0.4) is 0 Å². The zero-order valence-corrected chi connectivity index (χ0v) is 12.2. The Hall–Kier alpha value is -2.44. The normalized spacial score (nSPS) is 10.5. The number of carbonyl (C=O) groups excluding carboxylic acids is 1. The molecule has 7 nitrogen and oxygen atoms in total. The molecule has 1 N–H and O–H groups in total. The van der Waals surface area contributed by atoms with Gasteiger partial charge in [-0.2, -0.15) is 0 Å². The van der Waals surface area contributed by atoms with E-state index in [9.17, 15) is 19.7 Å². The summed E-state index contributed by atoms with van der Waals surface area (Å²) in [4.78, 5) is 34.8. The summed E-state index contributed by atoms with van der Waals surface area (Å²) in [6.45, 7) is 5.13. The summed E-state index contributed by atoms with van der Waals surface area (Å²) in [5.74, 6) is -1.74. The van der Waals surface area contributed by atoms with Gasteiger partial charge in [0.15, 0.2) is 0 Å². The Morgan fingerprint density at radius 3 is 2.48 bits per heavy atom. The molecule has 0 aromatic heterocycles. The number of aryl methyl sites for hydroxylation is 1. The van der Waals surface area contributed by atoms with E-state index < -0.39 is 23.3 Å². The van der Waals surface area contributed by atoms with Crippen molar-refractivity contribution in [1.82, 2.24) is 4.90 Å². The van der Waals surface area contributed by atoms with Crippen LogP contribution in [0.4, 0.5) is 5.69 Å². The predicted octanol–water partition coefficient (Wildman–Crippen LogP) is 2.09. The van der Waals surface area contributed by atoms with Crippen LogP contribution in [0.2, 0.25) is 0 Å². The lowest BCUT2D eigenvalue weighted by atomic mass is 10.1. The molecule has 0 bridgehead atoms. The SMILES string of the molecule is Cc1ccc([N+](=O)[O-])c(C(=O)N(CC(=O)O)CC(C)C)c1. The number of carbonyl (C=O) groups is 2. The Kier molecular flexibility index (Phi) is 5.40. The molecular weight excluding hydrogens is 276 g/mol. The molecule has 0 saturated carbocycles. The van der Waals surface area contributed by atoms with Crippen LogP contribution < -0.4 is 0 Å². The van der Waals surface area contributed by atoms with Crippen LogP contribution in [-0.4, -0.2) is 39.9 Å². The summed E-state index contributed by atoms with van der Waals surface area (Å²) in [5, 5.41) is 19.9. The van der Waals surface area contributed by atoms with Gasteiger partial charge in [0, 0.05) is 12.6 Å². The molecule has 1 amide bonds. The van der Waals surface area contributed by atoms with Gasteiger partial charge in [-0.25, -0.2) is 0 Å². The summed E-state index contributed by atoms with van der Waals surface area (Å²) >= 11 is 0. The van der Waals surface area contributed by atoms with Gasteiger partial charge in [-0.05, 0) is 24.5 Å². The first kappa shape index (κ1) is 16.6. The van der Waals surface area contributed by atoms with Crippen molar-refractivity contribution in [2.24, 2.45) is 5.92 Å². The van der Waals surface area contributed by atoms with Gasteiger partial charge in [0.25, 0.3) is 11.6 Å². The van der Waals surface area contributed by atoms with Crippen molar-refractivity contribution in [2.45, 2.75) is 20.8 Å². The van der Waals surface area contributed by atoms with Crippen molar-refractivity contribution in [2.75, 3.05) is 13.1 Å². The highest BCUT2D eigenvalue weighted by Crippen LogP contribution is 2.22. The minimum absolute atomic E-state index is 0.0529. The van der Waals surface area contributed by atoms with E-state index in [1.807, 2.05) is 13.8 Å². The summed E-state index contributed by atoms with van der Waals surface area (Å²) in [5.41, 5.74) is 0.301. The second-order valence-corrected chi connectivity index (χ2v) is 5.25. The van der Waals surface area contributed by atoms with Crippen molar-refractivity contribution in [3.05, 3.63) is 39.4 Å².